The third-order valence-corrected chi connectivity index (χ3v) is 6.27. The van der Waals surface area contributed by atoms with E-state index in [1.165, 1.54) is 23.5 Å². The van der Waals surface area contributed by atoms with Crippen LogP contribution in [0.5, 0.6) is 0 Å². The van der Waals surface area contributed by atoms with E-state index in [1.54, 1.807) is 4.88 Å². The molecule has 1 fully saturated rings. The average Bonchev–Trinajstić information content (AvgIpc) is 2.53. The third kappa shape index (κ3) is 1.83. The number of thiophene rings is 1. The van der Waals surface area contributed by atoms with Crippen molar-refractivity contribution in [1.29, 1.82) is 0 Å². The van der Waals surface area contributed by atoms with E-state index in [-0.39, 0.29) is 0 Å². The third-order valence-electron chi connectivity index (χ3n) is 1.94. The van der Waals surface area contributed by atoms with Crippen LogP contribution in [-0.2, 0) is 0 Å². The summed E-state index contributed by atoms with van der Waals surface area (Å²) in [4.78, 5) is 1.59. The molecule has 3 heteroatoms. The van der Waals surface area contributed by atoms with Crippen molar-refractivity contribution in [2.45, 2.75) is 17.9 Å². The van der Waals surface area contributed by atoms with Gasteiger partial charge in [-0.15, -0.1) is 34.9 Å². The maximum Gasteiger partial charge on any atom is 0.0846 e. The second kappa shape index (κ2) is 4.07. The van der Waals surface area contributed by atoms with Gasteiger partial charge in [-0.25, -0.2) is 0 Å². The Kier molecular flexibility index (Phi) is 3.05. The lowest BCUT2D eigenvalue weighted by Crippen LogP contribution is -1.99. The summed E-state index contributed by atoms with van der Waals surface area (Å²) < 4.78 is 0.735. The summed E-state index contributed by atoms with van der Waals surface area (Å²) in [5.41, 5.74) is 1.48. The van der Waals surface area contributed by atoms with Crippen molar-refractivity contribution in [3.05, 3.63) is 21.9 Å². The highest BCUT2D eigenvalue weighted by molar-refractivity contribution is 8.17. The van der Waals surface area contributed by atoms with Gasteiger partial charge in [0, 0.05) is 4.88 Å². The van der Waals surface area contributed by atoms with Crippen LogP contribution in [-0.4, -0.2) is 11.5 Å². The van der Waals surface area contributed by atoms with Crippen LogP contribution in [0.25, 0.3) is 0 Å². The zero-order valence-electron chi connectivity index (χ0n) is 7.08. The minimum Gasteiger partial charge on any atom is -0.147 e. The largest absolute Gasteiger partial charge is 0.147 e. The van der Waals surface area contributed by atoms with Gasteiger partial charge >= 0.3 is 0 Å². The van der Waals surface area contributed by atoms with E-state index < -0.39 is 0 Å². The summed E-state index contributed by atoms with van der Waals surface area (Å²) in [6, 6.07) is 2.23. The molecule has 2 heterocycles. The number of rotatable bonds is 1. The van der Waals surface area contributed by atoms with Crippen LogP contribution in [0.4, 0.5) is 0 Å². The average molecular weight is 216 g/mol. The van der Waals surface area contributed by atoms with Gasteiger partial charge in [0.05, 0.1) is 4.58 Å². The zero-order chi connectivity index (χ0) is 8.39. The van der Waals surface area contributed by atoms with E-state index >= 15 is 0 Å². The van der Waals surface area contributed by atoms with E-state index in [9.17, 15) is 0 Å². The van der Waals surface area contributed by atoms with Gasteiger partial charge in [-0.05, 0) is 41.9 Å². The number of thioether (sulfide) groups is 2. The fourth-order valence-electron chi connectivity index (χ4n) is 1.27. The molecule has 0 radical (unpaired) electrons. The molecular weight excluding hydrogens is 204 g/mol. The summed E-state index contributed by atoms with van der Waals surface area (Å²) in [6.45, 7) is 2.22. The van der Waals surface area contributed by atoms with Crippen molar-refractivity contribution in [2.24, 2.45) is 0 Å². The molecule has 0 aliphatic carbocycles. The Balaban J connectivity index is 2.13. The van der Waals surface area contributed by atoms with E-state index in [0.717, 1.165) is 4.58 Å². The van der Waals surface area contributed by atoms with Crippen LogP contribution in [0.3, 0.4) is 0 Å². The van der Waals surface area contributed by atoms with Crippen molar-refractivity contribution in [2.75, 3.05) is 11.5 Å². The van der Waals surface area contributed by atoms with Crippen LogP contribution in [0, 0.1) is 6.92 Å². The van der Waals surface area contributed by atoms with Gasteiger partial charge in [0.25, 0.3) is 0 Å². The summed E-state index contributed by atoms with van der Waals surface area (Å²) in [6.07, 6.45) is 1.39. The standard InChI is InChI=1S/C9H12S3/c1-7-3-6-10-8(7)9-11-4-2-5-12-9/h3,6,9H,2,4-5H2,1H3. The minimum absolute atomic E-state index is 0.735. The number of hydrogen-bond acceptors (Lipinski definition) is 3. The molecule has 0 amide bonds. The second-order valence-electron chi connectivity index (χ2n) is 2.89. The van der Waals surface area contributed by atoms with Crippen molar-refractivity contribution in [3.63, 3.8) is 0 Å². The van der Waals surface area contributed by atoms with Crippen molar-refractivity contribution in [3.8, 4) is 0 Å². The summed E-state index contributed by atoms with van der Waals surface area (Å²) in [5, 5.41) is 2.21. The van der Waals surface area contributed by atoms with E-state index in [0.29, 0.717) is 0 Å². The van der Waals surface area contributed by atoms with Crippen LogP contribution >= 0.6 is 34.9 Å². The highest BCUT2D eigenvalue weighted by Gasteiger charge is 2.18. The molecule has 0 atom stereocenters. The van der Waals surface area contributed by atoms with Gasteiger partial charge in [0.2, 0.25) is 0 Å². The first-order valence-corrected chi connectivity index (χ1v) is 7.13. The predicted octanol–water partition coefficient (Wildman–Crippen LogP) is 3.93. The van der Waals surface area contributed by atoms with Crippen LogP contribution < -0.4 is 0 Å². The molecule has 12 heavy (non-hydrogen) atoms. The summed E-state index contributed by atoms with van der Waals surface area (Å²) >= 11 is 6.13. The molecule has 1 aromatic rings. The Hall–Kier alpha value is 0.400. The van der Waals surface area contributed by atoms with Gasteiger partial charge in [0.15, 0.2) is 0 Å². The smallest absolute Gasteiger partial charge is 0.0846 e. The van der Waals surface area contributed by atoms with Crippen LogP contribution in [0.2, 0.25) is 0 Å². The molecule has 1 aliphatic heterocycles. The highest BCUT2D eigenvalue weighted by Crippen LogP contribution is 2.46. The first kappa shape index (κ1) is 8.97. The number of hydrogen-bond donors (Lipinski definition) is 0. The fourth-order valence-corrected chi connectivity index (χ4v) is 5.66. The number of aryl methyl sites for hydroxylation is 1. The van der Waals surface area contributed by atoms with E-state index in [2.05, 4.69) is 41.9 Å². The van der Waals surface area contributed by atoms with Gasteiger partial charge in [0.1, 0.15) is 0 Å². The lowest BCUT2D eigenvalue weighted by atomic mass is 10.3. The molecule has 1 saturated heterocycles. The highest BCUT2D eigenvalue weighted by atomic mass is 32.2. The van der Waals surface area contributed by atoms with Gasteiger partial charge in [-0.3, -0.25) is 0 Å². The first-order valence-electron chi connectivity index (χ1n) is 4.15. The van der Waals surface area contributed by atoms with Gasteiger partial charge in [-0.2, -0.15) is 0 Å². The van der Waals surface area contributed by atoms with Crippen LogP contribution in [0.15, 0.2) is 11.4 Å². The minimum atomic E-state index is 0.735. The van der Waals surface area contributed by atoms with Crippen molar-refractivity contribution >= 4 is 34.9 Å². The molecule has 66 valence electrons. The quantitative estimate of drug-likeness (QED) is 0.698. The Labute approximate surface area is 86.1 Å². The lowest BCUT2D eigenvalue weighted by Gasteiger charge is -2.20. The molecule has 1 aromatic heterocycles. The van der Waals surface area contributed by atoms with Crippen LogP contribution in [0.1, 0.15) is 21.4 Å². The molecule has 1 aliphatic rings. The molecular formula is C9H12S3. The van der Waals surface area contributed by atoms with Crippen molar-refractivity contribution in [1.82, 2.24) is 0 Å². The maximum atomic E-state index is 2.23. The van der Waals surface area contributed by atoms with Gasteiger partial charge < -0.3 is 0 Å². The fraction of sp³-hybridized carbons (Fsp3) is 0.556. The molecule has 0 N–H and O–H groups in total. The molecule has 0 aromatic carbocycles. The molecule has 0 nitrogen and oxygen atoms in total. The Bertz CT molecular complexity index is 248. The molecule has 0 unspecified atom stereocenters. The Morgan fingerprint density at radius 2 is 2.08 bits per heavy atom. The SMILES string of the molecule is Cc1ccsc1C1SCCCS1. The second-order valence-corrected chi connectivity index (χ2v) is 6.57. The molecule has 0 spiro atoms. The first-order chi connectivity index (χ1) is 5.88. The van der Waals surface area contributed by atoms with E-state index in [4.69, 9.17) is 0 Å². The zero-order valence-corrected chi connectivity index (χ0v) is 9.53. The maximum absolute atomic E-state index is 2.23. The summed E-state index contributed by atoms with van der Waals surface area (Å²) in [7, 11) is 0. The van der Waals surface area contributed by atoms with Gasteiger partial charge in [-0.1, -0.05) is 0 Å². The molecule has 0 bridgehead atoms. The Morgan fingerprint density at radius 3 is 2.67 bits per heavy atom. The monoisotopic (exact) mass is 216 g/mol. The molecule has 2 rings (SSSR count). The Morgan fingerprint density at radius 1 is 1.33 bits per heavy atom. The normalized spacial score (nSPS) is 19.8. The molecule has 0 saturated carbocycles. The predicted molar refractivity (Wildman–Crippen MR) is 61.3 cm³/mol. The van der Waals surface area contributed by atoms with E-state index in [1.807, 2.05) is 11.3 Å². The lowest BCUT2D eigenvalue weighted by molar-refractivity contribution is 1.10. The topological polar surface area (TPSA) is 0 Å². The summed E-state index contributed by atoms with van der Waals surface area (Å²) in [5.74, 6) is 2.68. The van der Waals surface area contributed by atoms with Crippen molar-refractivity contribution < 1.29 is 0 Å².